The molecular weight excluding hydrogens is 326 g/mol. The van der Waals surface area contributed by atoms with Gasteiger partial charge in [-0.3, -0.25) is 4.79 Å². The van der Waals surface area contributed by atoms with Crippen molar-refractivity contribution < 1.29 is 14.3 Å². The Morgan fingerprint density at radius 3 is 2.38 bits per heavy atom. The lowest BCUT2D eigenvalue weighted by Crippen LogP contribution is -2.32. The normalized spacial score (nSPS) is 11.9. The monoisotopic (exact) mass is 355 g/mol. The molecule has 4 heteroatoms. The number of para-hydroxylation sites is 1. The van der Waals surface area contributed by atoms with Crippen molar-refractivity contribution in [2.24, 2.45) is 5.92 Å². The molecular formula is C22H29NO3. The number of nitrogens with one attached hydrogen (secondary N) is 1. The van der Waals surface area contributed by atoms with E-state index in [1.807, 2.05) is 62.4 Å². The number of aryl methyl sites for hydroxylation is 1. The van der Waals surface area contributed by atoms with Gasteiger partial charge in [0.1, 0.15) is 11.5 Å². The molecule has 0 heterocycles. The largest absolute Gasteiger partial charge is 0.494 e. The molecule has 0 aliphatic rings. The van der Waals surface area contributed by atoms with E-state index in [1.165, 1.54) is 0 Å². The van der Waals surface area contributed by atoms with E-state index in [4.69, 9.17) is 9.47 Å². The van der Waals surface area contributed by atoms with E-state index < -0.39 is 6.10 Å². The van der Waals surface area contributed by atoms with Crippen molar-refractivity contribution >= 4 is 11.6 Å². The maximum absolute atomic E-state index is 12.5. The Hall–Kier alpha value is -2.49. The first-order valence-corrected chi connectivity index (χ1v) is 9.25. The lowest BCUT2D eigenvalue weighted by Gasteiger charge is -2.18. The van der Waals surface area contributed by atoms with Crippen molar-refractivity contribution in [1.82, 2.24) is 0 Å². The summed E-state index contributed by atoms with van der Waals surface area (Å²) in [5.74, 6) is 2.02. The molecule has 140 valence electrons. The summed E-state index contributed by atoms with van der Waals surface area (Å²) in [5, 5.41) is 2.91. The molecule has 0 aliphatic heterocycles. The summed E-state index contributed by atoms with van der Waals surface area (Å²) in [6, 6.07) is 15.2. The van der Waals surface area contributed by atoms with E-state index in [1.54, 1.807) is 0 Å². The highest BCUT2D eigenvalue weighted by Gasteiger charge is 2.19. The van der Waals surface area contributed by atoms with Crippen molar-refractivity contribution in [2.75, 3.05) is 11.9 Å². The third kappa shape index (κ3) is 6.10. The third-order valence-corrected chi connectivity index (χ3v) is 4.11. The standard InChI is InChI=1S/C22H29NO3/c1-5-20(26-21-9-7-6-8-17(21)4)22(24)23-18-10-12-19(13-11-18)25-15-14-16(2)3/h6-13,16,20H,5,14-15H2,1-4H3,(H,23,24). The summed E-state index contributed by atoms with van der Waals surface area (Å²) in [7, 11) is 0. The Bertz CT molecular complexity index is 695. The molecule has 26 heavy (non-hydrogen) atoms. The van der Waals surface area contributed by atoms with E-state index in [0.29, 0.717) is 18.9 Å². The van der Waals surface area contributed by atoms with E-state index >= 15 is 0 Å². The maximum Gasteiger partial charge on any atom is 0.265 e. The number of amides is 1. The number of carbonyl (C=O) groups excluding carboxylic acids is 1. The Morgan fingerprint density at radius 2 is 1.77 bits per heavy atom. The predicted octanol–water partition coefficient (Wildman–Crippen LogP) is 5.22. The summed E-state index contributed by atoms with van der Waals surface area (Å²) in [6.45, 7) is 8.95. The summed E-state index contributed by atoms with van der Waals surface area (Å²) in [5.41, 5.74) is 1.75. The zero-order chi connectivity index (χ0) is 18.9. The van der Waals surface area contributed by atoms with Crippen LogP contribution >= 0.6 is 0 Å². The topological polar surface area (TPSA) is 47.6 Å². The van der Waals surface area contributed by atoms with Crippen LogP contribution in [0.2, 0.25) is 0 Å². The second kappa shape index (κ2) is 9.85. The van der Waals surface area contributed by atoms with Gasteiger partial charge in [0.05, 0.1) is 6.61 Å². The second-order valence-corrected chi connectivity index (χ2v) is 6.82. The molecule has 0 aliphatic carbocycles. The van der Waals surface area contributed by atoms with Crippen LogP contribution in [-0.4, -0.2) is 18.6 Å². The highest BCUT2D eigenvalue weighted by molar-refractivity contribution is 5.94. The molecule has 0 radical (unpaired) electrons. The minimum atomic E-state index is -0.530. The summed E-state index contributed by atoms with van der Waals surface area (Å²) in [6.07, 6.45) is 1.08. The van der Waals surface area contributed by atoms with Crippen LogP contribution in [-0.2, 0) is 4.79 Å². The first-order chi connectivity index (χ1) is 12.5. The number of hydrogen-bond acceptors (Lipinski definition) is 3. The molecule has 0 bridgehead atoms. The van der Waals surface area contributed by atoms with E-state index in [-0.39, 0.29) is 5.91 Å². The van der Waals surface area contributed by atoms with Crippen molar-refractivity contribution in [3.8, 4) is 11.5 Å². The van der Waals surface area contributed by atoms with Crippen LogP contribution in [0, 0.1) is 12.8 Å². The maximum atomic E-state index is 12.5. The Kier molecular flexibility index (Phi) is 7.52. The van der Waals surface area contributed by atoms with E-state index in [2.05, 4.69) is 19.2 Å². The third-order valence-electron chi connectivity index (χ3n) is 4.11. The van der Waals surface area contributed by atoms with Gasteiger partial charge in [0.15, 0.2) is 6.10 Å². The average Bonchev–Trinajstić information content (AvgIpc) is 2.62. The summed E-state index contributed by atoms with van der Waals surface area (Å²) >= 11 is 0. The molecule has 0 fully saturated rings. The minimum absolute atomic E-state index is 0.149. The van der Waals surface area contributed by atoms with Gasteiger partial charge in [0, 0.05) is 5.69 Å². The Balaban J connectivity index is 1.91. The molecule has 2 aromatic carbocycles. The molecule has 1 N–H and O–H groups in total. The molecule has 1 unspecified atom stereocenters. The van der Waals surface area contributed by atoms with Gasteiger partial charge in [0.2, 0.25) is 0 Å². The number of ether oxygens (including phenoxy) is 2. The quantitative estimate of drug-likeness (QED) is 0.671. The fourth-order valence-corrected chi connectivity index (χ4v) is 2.43. The van der Waals surface area contributed by atoms with E-state index in [0.717, 1.165) is 29.2 Å². The molecule has 1 amide bonds. The Labute approximate surface area is 156 Å². The van der Waals surface area contributed by atoms with Crippen LogP contribution in [0.15, 0.2) is 48.5 Å². The van der Waals surface area contributed by atoms with Crippen LogP contribution in [0.4, 0.5) is 5.69 Å². The van der Waals surface area contributed by atoms with Gasteiger partial charge in [-0.25, -0.2) is 0 Å². The average molecular weight is 355 g/mol. The zero-order valence-electron chi connectivity index (χ0n) is 16.1. The molecule has 0 saturated carbocycles. The fourth-order valence-electron chi connectivity index (χ4n) is 2.43. The lowest BCUT2D eigenvalue weighted by atomic mass is 10.1. The van der Waals surface area contributed by atoms with Crippen LogP contribution in [0.25, 0.3) is 0 Å². The zero-order valence-corrected chi connectivity index (χ0v) is 16.1. The highest BCUT2D eigenvalue weighted by atomic mass is 16.5. The van der Waals surface area contributed by atoms with Gasteiger partial charge in [-0.05, 0) is 61.6 Å². The molecule has 2 aromatic rings. The molecule has 0 spiro atoms. The molecule has 4 nitrogen and oxygen atoms in total. The molecule has 2 rings (SSSR count). The van der Waals surface area contributed by atoms with E-state index in [9.17, 15) is 4.79 Å². The van der Waals surface area contributed by atoms with Gasteiger partial charge in [-0.2, -0.15) is 0 Å². The molecule has 1 atom stereocenters. The lowest BCUT2D eigenvalue weighted by molar-refractivity contribution is -0.122. The van der Waals surface area contributed by atoms with Gasteiger partial charge < -0.3 is 14.8 Å². The van der Waals surface area contributed by atoms with Crippen LogP contribution in [0.5, 0.6) is 11.5 Å². The number of anilines is 1. The van der Waals surface area contributed by atoms with Crippen LogP contribution < -0.4 is 14.8 Å². The summed E-state index contributed by atoms with van der Waals surface area (Å²) < 4.78 is 11.6. The van der Waals surface area contributed by atoms with Crippen molar-refractivity contribution in [3.05, 3.63) is 54.1 Å². The SMILES string of the molecule is CCC(Oc1ccccc1C)C(=O)Nc1ccc(OCCC(C)C)cc1. The van der Waals surface area contributed by atoms with Crippen molar-refractivity contribution in [3.63, 3.8) is 0 Å². The first kappa shape index (κ1) is 19.8. The van der Waals surface area contributed by atoms with Crippen molar-refractivity contribution in [1.29, 1.82) is 0 Å². The molecule has 0 saturated heterocycles. The number of carbonyl (C=O) groups is 1. The fraction of sp³-hybridized carbons (Fsp3) is 0.409. The van der Waals surface area contributed by atoms with Gasteiger partial charge in [-0.15, -0.1) is 0 Å². The van der Waals surface area contributed by atoms with Gasteiger partial charge in [0.25, 0.3) is 5.91 Å². The second-order valence-electron chi connectivity index (χ2n) is 6.82. The number of benzene rings is 2. The van der Waals surface area contributed by atoms with Gasteiger partial charge >= 0.3 is 0 Å². The highest BCUT2D eigenvalue weighted by Crippen LogP contribution is 2.20. The van der Waals surface area contributed by atoms with Gasteiger partial charge in [-0.1, -0.05) is 39.0 Å². The Morgan fingerprint density at radius 1 is 1.08 bits per heavy atom. The molecule has 0 aromatic heterocycles. The van der Waals surface area contributed by atoms with Crippen LogP contribution in [0.1, 0.15) is 39.2 Å². The summed E-state index contributed by atoms with van der Waals surface area (Å²) in [4.78, 5) is 12.5. The predicted molar refractivity (Wildman–Crippen MR) is 106 cm³/mol. The smallest absolute Gasteiger partial charge is 0.265 e. The van der Waals surface area contributed by atoms with Crippen molar-refractivity contribution in [2.45, 2.75) is 46.6 Å². The first-order valence-electron chi connectivity index (χ1n) is 9.25. The minimum Gasteiger partial charge on any atom is -0.494 e. The number of hydrogen-bond donors (Lipinski definition) is 1. The van der Waals surface area contributed by atoms with Crippen LogP contribution in [0.3, 0.4) is 0 Å². The number of rotatable bonds is 9.